The lowest BCUT2D eigenvalue weighted by Crippen LogP contribution is -2.29. The summed E-state index contributed by atoms with van der Waals surface area (Å²) in [5.41, 5.74) is 4.25. The second-order valence-electron chi connectivity index (χ2n) is 7.06. The first kappa shape index (κ1) is 16.3. The Labute approximate surface area is 157 Å². The Morgan fingerprint density at radius 2 is 1.85 bits per heavy atom. The van der Waals surface area contributed by atoms with Crippen LogP contribution in [0.1, 0.15) is 27.0 Å². The van der Waals surface area contributed by atoms with Crippen molar-refractivity contribution in [1.29, 1.82) is 0 Å². The number of ether oxygens (including phenoxy) is 4. The molecule has 0 atom stereocenters. The smallest absolute Gasteiger partial charge is 0.253 e. The predicted octanol–water partition coefficient (Wildman–Crippen LogP) is 2.60. The summed E-state index contributed by atoms with van der Waals surface area (Å²) in [6.07, 6.45) is 2.58. The molecule has 6 nitrogen and oxygen atoms in total. The Kier molecular flexibility index (Phi) is 3.85. The van der Waals surface area contributed by atoms with Crippen molar-refractivity contribution in [2.24, 2.45) is 0 Å². The molecular formula is C21H21NO5. The number of carbonyl (C=O) groups excluding carboxylic acids is 1. The van der Waals surface area contributed by atoms with Crippen molar-refractivity contribution >= 4 is 5.91 Å². The Hall–Kier alpha value is -2.89. The SMILES string of the molecule is CN(CCc1c2c(cc3c1OCC3)OCC2)C(=O)c1ccc2c(c1)OCO2. The molecule has 3 heterocycles. The van der Waals surface area contributed by atoms with Gasteiger partial charge in [-0.05, 0) is 30.7 Å². The van der Waals surface area contributed by atoms with E-state index in [0.29, 0.717) is 23.6 Å². The number of hydrogen-bond donors (Lipinski definition) is 0. The first-order valence-electron chi connectivity index (χ1n) is 9.29. The minimum atomic E-state index is -0.0327. The number of benzene rings is 2. The minimum Gasteiger partial charge on any atom is -0.493 e. The van der Waals surface area contributed by atoms with E-state index in [0.717, 1.165) is 44.0 Å². The van der Waals surface area contributed by atoms with Crippen LogP contribution in [0.4, 0.5) is 0 Å². The highest BCUT2D eigenvalue weighted by molar-refractivity contribution is 5.94. The van der Waals surface area contributed by atoms with E-state index in [1.807, 2.05) is 7.05 Å². The van der Waals surface area contributed by atoms with E-state index in [2.05, 4.69) is 6.07 Å². The summed E-state index contributed by atoms with van der Waals surface area (Å²) in [5, 5.41) is 0. The van der Waals surface area contributed by atoms with Gasteiger partial charge < -0.3 is 23.8 Å². The van der Waals surface area contributed by atoms with Gasteiger partial charge in [-0.1, -0.05) is 0 Å². The molecule has 0 saturated heterocycles. The Bertz CT molecular complexity index is 891. The lowest BCUT2D eigenvalue weighted by atomic mass is 9.97. The van der Waals surface area contributed by atoms with Gasteiger partial charge in [-0.25, -0.2) is 0 Å². The monoisotopic (exact) mass is 367 g/mol. The van der Waals surface area contributed by atoms with Crippen molar-refractivity contribution in [3.63, 3.8) is 0 Å². The number of nitrogens with zero attached hydrogens (tertiary/aromatic N) is 1. The van der Waals surface area contributed by atoms with Crippen LogP contribution in [0.15, 0.2) is 24.3 Å². The predicted molar refractivity (Wildman–Crippen MR) is 98.1 cm³/mol. The summed E-state index contributed by atoms with van der Waals surface area (Å²) in [6.45, 7) is 2.25. The third kappa shape index (κ3) is 2.76. The van der Waals surface area contributed by atoms with Crippen LogP contribution in [-0.4, -0.2) is 44.4 Å². The lowest BCUT2D eigenvalue weighted by molar-refractivity contribution is 0.0796. The third-order valence-corrected chi connectivity index (χ3v) is 5.42. The molecule has 0 aliphatic carbocycles. The minimum absolute atomic E-state index is 0.0327. The van der Waals surface area contributed by atoms with Gasteiger partial charge in [0, 0.05) is 48.7 Å². The van der Waals surface area contributed by atoms with E-state index in [1.165, 1.54) is 16.7 Å². The molecule has 0 fully saturated rings. The Morgan fingerprint density at radius 3 is 2.78 bits per heavy atom. The van der Waals surface area contributed by atoms with Crippen LogP contribution in [0.3, 0.4) is 0 Å². The van der Waals surface area contributed by atoms with Crippen LogP contribution < -0.4 is 18.9 Å². The number of carbonyl (C=O) groups is 1. The molecule has 5 rings (SSSR count). The maximum Gasteiger partial charge on any atom is 0.253 e. The van der Waals surface area contributed by atoms with Gasteiger partial charge in [0.05, 0.1) is 13.2 Å². The third-order valence-electron chi connectivity index (χ3n) is 5.42. The fourth-order valence-corrected chi connectivity index (χ4v) is 3.98. The quantitative estimate of drug-likeness (QED) is 0.831. The van der Waals surface area contributed by atoms with E-state index in [1.54, 1.807) is 23.1 Å². The molecule has 3 aliphatic rings. The molecule has 0 radical (unpaired) electrons. The second-order valence-corrected chi connectivity index (χ2v) is 7.06. The van der Waals surface area contributed by atoms with Crippen LogP contribution in [0.5, 0.6) is 23.0 Å². The molecule has 140 valence electrons. The molecule has 2 aromatic rings. The van der Waals surface area contributed by atoms with Gasteiger partial charge in [-0.2, -0.15) is 0 Å². The first-order valence-corrected chi connectivity index (χ1v) is 9.29. The Morgan fingerprint density at radius 1 is 1.00 bits per heavy atom. The normalized spacial score (nSPS) is 15.7. The van der Waals surface area contributed by atoms with Crippen LogP contribution in [0.25, 0.3) is 0 Å². The van der Waals surface area contributed by atoms with Gasteiger partial charge in [0.15, 0.2) is 11.5 Å². The van der Waals surface area contributed by atoms with Crippen molar-refractivity contribution in [1.82, 2.24) is 4.90 Å². The summed E-state index contributed by atoms with van der Waals surface area (Å²) in [5.74, 6) is 3.26. The molecule has 2 aromatic carbocycles. The molecule has 27 heavy (non-hydrogen) atoms. The number of hydrogen-bond acceptors (Lipinski definition) is 5. The molecule has 3 aliphatic heterocycles. The topological polar surface area (TPSA) is 57.2 Å². The van der Waals surface area contributed by atoms with Gasteiger partial charge in [-0.3, -0.25) is 4.79 Å². The van der Waals surface area contributed by atoms with Crippen LogP contribution in [0.2, 0.25) is 0 Å². The fourth-order valence-electron chi connectivity index (χ4n) is 3.98. The maximum absolute atomic E-state index is 12.8. The van der Waals surface area contributed by atoms with Crippen molar-refractivity contribution in [2.45, 2.75) is 19.3 Å². The second kappa shape index (κ2) is 6.37. The van der Waals surface area contributed by atoms with E-state index in [-0.39, 0.29) is 12.7 Å². The average molecular weight is 367 g/mol. The van der Waals surface area contributed by atoms with E-state index >= 15 is 0 Å². The number of fused-ring (bicyclic) bond motifs is 3. The number of rotatable bonds is 4. The number of likely N-dealkylation sites (N-methyl/N-ethyl adjacent to an activating group) is 1. The first-order chi connectivity index (χ1) is 13.2. The van der Waals surface area contributed by atoms with Crippen LogP contribution in [0, 0.1) is 0 Å². The standard InChI is InChI=1S/C21H21NO5/c1-22(21(23)14-2-3-17-19(11-14)27-12-26-17)7-4-16-15-6-9-24-18(15)10-13-5-8-25-20(13)16/h2-3,10-11H,4-9,12H2,1H3. The van der Waals surface area contributed by atoms with Gasteiger partial charge >= 0.3 is 0 Å². The summed E-state index contributed by atoms with van der Waals surface area (Å²) in [7, 11) is 1.83. The van der Waals surface area contributed by atoms with Crippen molar-refractivity contribution in [3.05, 3.63) is 46.5 Å². The summed E-state index contributed by atoms with van der Waals surface area (Å²) in [4.78, 5) is 14.6. The molecule has 0 spiro atoms. The van der Waals surface area contributed by atoms with Gasteiger partial charge in [0.2, 0.25) is 6.79 Å². The lowest BCUT2D eigenvalue weighted by Gasteiger charge is -2.19. The molecule has 0 N–H and O–H groups in total. The van der Waals surface area contributed by atoms with Crippen molar-refractivity contribution < 1.29 is 23.7 Å². The Balaban J connectivity index is 1.34. The van der Waals surface area contributed by atoms with Gasteiger partial charge in [0.1, 0.15) is 11.5 Å². The number of amides is 1. The fraction of sp³-hybridized carbons (Fsp3) is 0.381. The molecule has 1 amide bonds. The summed E-state index contributed by atoms with van der Waals surface area (Å²) < 4.78 is 22.3. The zero-order valence-corrected chi connectivity index (χ0v) is 15.2. The molecule has 0 bridgehead atoms. The van der Waals surface area contributed by atoms with E-state index in [4.69, 9.17) is 18.9 Å². The highest BCUT2D eigenvalue weighted by Gasteiger charge is 2.27. The van der Waals surface area contributed by atoms with E-state index in [9.17, 15) is 4.79 Å². The highest BCUT2D eigenvalue weighted by Crippen LogP contribution is 2.41. The van der Waals surface area contributed by atoms with Crippen LogP contribution in [-0.2, 0) is 19.3 Å². The molecule has 0 aromatic heterocycles. The molecule has 6 heteroatoms. The van der Waals surface area contributed by atoms with Crippen molar-refractivity contribution in [2.75, 3.05) is 33.6 Å². The summed E-state index contributed by atoms with van der Waals surface area (Å²) >= 11 is 0. The molecule has 0 unspecified atom stereocenters. The van der Waals surface area contributed by atoms with E-state index < -0.39 is 0 Å². The average Bonchev–Trinajstić information content (AvgIpc) is 3.43. The van der Waals surface area contributed by atoms with Gasteiger partial charge in [-0.15, -0.1) is 0 Å². The highest BCUT2D eigenvalue weighted by atomic mass is 16.7. The molecular weight excluding hydrogens is 346 g/mol. The maximum atomic E-state index is 12.8. The van der Waals surface area contributed by atoms with Crippen LogP contribution >= 0.6 is 0 Å². The van der Waals surface area contributed by atoms with Gasteiger partial charge in [0.25, 0.3) is 5.91 Å². The van der Waals surface area contributed by atoms with Crippen molar-refractivity contribution in [3.8, 4) is 23.0 Å². The summed E-state index contributed by atoms with van der Waals surface area (Å²) in [6, 6.07) is 7.43. The zero-order valence-electron chi connectivity index (χ0n) is 15.2. The zero-order chi connectivity index (χ0) is 18.4. The largest absolute Gasteiger partial charge is 0.493 e. The molecule has 0 saturated carbocycles.